The minimum atomic E-state index is -0.857. The molecule has 0 aliphatic carbocycles. The van der Waals surface area contributed by atoms with E-state index in [-0.39, 0.29) is 6.54 Å². The van der Waals surface area contributed by atoms with E-state index >= 15 is 0 Å². The molecule has 0 bridgehead atoms. The van der Waals surface area contributed by atoms with E-state index in [1.165, 1.54) is 12.3 Å². The summed E-state index contributed by atoms with van der Waals surface area (Å²) in [5, 5.41) is 9.57. The molecule has 0 atom stereocenters. The first-order valence-corrected chi connectivity index (χ1v) is 8.28. The summed E-state index contributed by atoms with van der Waals surface area (Å²) in [4.78, 5) is 23.2. The standard InChI is InChI=1S/C20H22N4O3/c1-4-12-21-19(25)20(26)24-22-13-15-9-7-11-17(27-3)18(15)23-16-10-6-5-8-14(16)2/h4-11,13,23H,1,12H2,2-3H3,(H,21,25)(H,24,26)/b22-13-. The Bertz CT molecular complexity index is 862. The highest BCUT2D eigenvalue weighted by molar-refractivity contribution is 6.35. The summed E-state index contributed by atoms with van der Waals surface area (Å²) in [6.45, 7) is 5.66. The van der Waals surface area contributed by atoms with Gasteiger partial charge in [-0.3, -0.25) is 9.59 Å². The van der Waals surface area contributed by atoms with Crippen molar-refractivity contribution in [3.63, 3.8) is 0 Å². The lowest BCUT2D eigenvalue weighted by Crippen LogP contribution is -2.37. The lowest BCUT2D eigenvalue weighted by Gasteiger charge is -2.15. The number of amides is 2. The van der Waals surface area contributed by atoms with Crippen molar-refractivity contribution in [2.45, 2.75) is 6.92 Å². The molecule has 7 nitrogen and oxygen atoms in total. The zero-order valence-electron chi connectivity index (χ0n) is 15.3. The molecule has 0 radical (unpaired) electrons. The van der Waals surface area contributed by atoms with E-state index in [0.717, 1.165) is 11.3 Å². The van der Waals surface area contributed by atoms with Crippen molar-refractivity contribution in [3.05, 3.63) is 66.2 Å². The lowest BCUT2D eigenvalue weighted by molar-refractivity contribution is -0.139. The van der Waals surface area contributed by atoms with Gasteiger partial charge in [0.05, 0.1) is 19.0 Å². The monoisotopic (exact) mass is 366 g/mol. The van der Waals surface area contributed by atoms with Crippen LogP contribution in [0.25, 0.3) is 0 Å². The first-order chi connectivity index (χ1) is 13.1. The molecule has 2 amide bonds. The van der Waals surface area contributed by atoms with E-state index in [1.54, 1.807) is 7.11 Å². The number of nitrogens with one attached hydrogen (secondary N) is 3. The zero-order valence-corrected chi connectivity index (χ0v) is 15.3. The van der Waals surface area contributed by atoms with Gasteiger partial charge < -0.3 is 15.4 Å². The van der Waals surface area contributed by atoms with Crippen LogP contribution in [0.1, 0.15) is 11.1 Å². The first-order valence-electron chi connectivity index (χ1n) is 8.28. The van der Waals surface area contributed by atoms with Crippen LogP contribution in [0, 0.1) is 6.92 Å². The molecule has 0 fully saturated rings. The van der Waals surface area contributed by atoms with Gasteiger partial charge in [0.25, 0.3) is 0 Å². The van der Waals surface area contributed by atoms with Crippen molar-refractivity contribution in [2.75, 3.05) is 19.0 Å². The highest BCUT2D eigenvalue weighted by Gasteiger charge is 2.12. The minimum absolute atomic E-state index is 0.205. The average Bonchev–Trinajstić information content (AvgIpc) is 2.68. The number of hydrazone groups is 1. The lowest BCUT2D eigenvalue weighted by atomic mass is 10.1. The summed E-state index contributed by atoms with van der Waals surface area (Å²) in [6.07, 6.45) is 2.93. The molecule has 27 heavy (non-hydrogen) atoms. The third-order valence-electron chi connectivity index (χ3n) is 3.67. The van der Waals surface area contributed by atoms with Crippen LogP contribution in [0.4, 0.5) is 11.4 Å². The number of hydrogen-bond acceptors (Lipinski definition) is 5. The molecule has 0 heterocycles. The second kappa shape index (κ2) is 9.76. The van der Waals surface area contributed by atoms with E-state index in [9.17, 15) is 9.59 Å². The normalized spacial score (nSPS) is 10.3. The van der Waals surface area contributed by atoms with Crippen LogP contribution < -0.4 is 20.8 Å². The first kappa shape index (κ1) is 19.7. The Morgan fingerprint density at radius 1 is 1.15 bits per heavy atom. The van der Waals surface area contributed by atoms with E-state index in [1.807, 2.05) is 49.4 Å². The molecule has 0 saturated carbocycles. The molecule has 0 unspecified atom stereocenters. The number of hydrogen-bond donors (Lipinski definition) is 3. The van der Waals surface area contributed by atoms with Gasteiger partial charge in [0.2, 0.25) is 0 Å². The number of ether oxygens (including phenoxy) is 1. The summed E-state index contributed by atoms with van der Waals surface area (Å²) in [6, 6.07) is 13.3. The Morgan fingerprint density at radius 2 is 1.93 bits per heavy atom. The number of methoxy groups -OCH3 is 1. The Kier molecular flexibility index (Phi) is 7.13. The number of carbonyl (C=O) groups excluding carboxylic acids is 2. The van der Waals surface area contributed by atoms with Gasteiger partial charge in [-0.1, -0.05) is 36.4 Å². The van der Waals surface area contributed by atoms with Crippen LogP contribution in [0.5, 0.6) is 5.75 Å². The number of nitrogens with zero attached hydrogens (tertiary/aromatic N) is 1. The number of anilines is 2. The molecule has 0 aliphatic rings. The smallest absolute Gasteiger partial charge is 0.329 e. The molecule has 7 heteroatoms. The largest absolute Gasteiger partial charge is 0.495 e. The Hall–Kier alpha value is -3.61. The predicted molar refractivity (Wildman–Crippen MR) is 106 cm³/mol. The second-order valence-corrected chi connectivity index (χ2v) is 5.56. The van der Waals surface area contributed by atoms with Crippen molar-refractivity contribution in [1.29, 1.82) is 0 Å². The molecule has 3 N–H and O–H groups in total. The van der Waals surface area contributed by atoms with Gasteiger partial charge in [-0.2, -0.15) is 5.10 Å². The minimum Gasteiger partial charge on any atom is -0.495 e. The highest BCUT2D eigenvalue weighted by atomic mass is 16.5. The maximum absolute atomic E-state index is 11.7. The fourth-order valence-electron chi connectivity index (χ4n) is 2.26. The van der Waals surface area contributed by atoms with E-state index in [0.29, 0.717) is 17.0 Å². The third kappa shape index (κ3) is 5.43. The molecule has 0 spiro atoms. The van der Waals surface area contributed by atoms with Crippen LogP contribution in [-0.2, 0) is 9.59 Å². The number of rotatable bonds is 7. The van der Waals surface area contributed by atoms with E-state index in [4.69, 9.17) is 4.74 Å². The van der Waals surface area contributed by atoms with Gasteiger partial charge in [-0.15, -0.1) is 6.58 Å². The van der Waals surface area contributed by atoms with Crippen LogP contribution in [-0.4, -0.2) is 31.7 Å². The predicted octanol–water partition coefficient (Wildman–Crippen LogP) is 2.50. The summed E-state index contributed by atoms with van der Waals surface area (Å²) < 4.78 is 5.42. The summed E-state index contributed by atoms with van der Waals surface area (Å²) >= 11 is 0. The quantitative estimate of drug-likeness (QED) is 0.304. The maximum atomic E-state index is 11.7. The SMILES string of the molecule is C=CCNC(=O)C(=O)N/N=C\c1cccc(OC)c1Nc1ccccc1C. The van der Waals surface area contributed by atoms with Gasteiger partial charge in [-0.25, -0.2) is 5.43 Å². The summed E-state index contributed by atoms with van der Waals surface area (Å²) in [5.41, 5.74) is 5.57. The number of aryl methyl sites for hydroxylation is 1. The molecule has 0 aliphatic heterocycles. The van der Waals surface area contributed by atoms with Crippen LogP contribution in [0.15, 0.2) is 60.2 Å². The van der Waals surface area contributed by atoms with Gasteiger partial charge in [0.15, 0.2) is 0 Å². The maximum Gasteiger partial charge on any atom is 0.329 e. The molecule has 2 rings (SSSR count). The number of para-hydroxylation sites is 2. The van der Waals surface area contributed by atoms with Crippen LogP contribution in [0.3, 0.4) is 0 Å². The van der Waals surface area contributed by atoms with Gasteiger partial charge in [0.1, 0.15) is 5.75 Å². The van der Waals surface area contributed by atoms with E-state index < -0.39 is 11.8 Å². The van der Waals surface area contributed by atoms with Gasteiger partial charge >= 0.3 is 11.8 Å². The topological polar surface area (TPSA) is 91.8 Å². The fourth-order valence-corrected chi connectivity index (χ4v) is 2.26. The van der Waals surface area contributed by atoms with Crippen molar-refractivity contribution in [2.24, 2.45) is 5.10 Å². The summed E-state index contributed by atoms with van der Waals surface area (Å²) in [7, 11) is 1.57. The van der Waals surface area contributed by atoms with Crippen molar-refractivity contribution in [3.8, 4) is 5.75 Å². The molecule has 2 aromatic carbocycles. The molecule has 2 aromatic rings. The molecule has 0 saturated heterocycles. The molecule has 0 aromatic heterocycles. The second-order valence-electron chi connectivity index (χ2n) is 5.56. The number of carbonyl (C=O) groups is 2. The Morgan fingerprint density at radius 3 is 2.63 bits per heavy atom. The fraction of sp³-hybridized carbons (Fsp3) is 0.150. The van der Waals surface area contributed by atoms with Crippen molar-refractivity contribution in [1.82, 2.24) is 10.7 Å². The van der Waals surface area contributed by atoms with Gasteiger partial charge in [0, 0.05) is 17.8 Å². The van der Waals surface area contributed by atoms with Gasteiger partial charge in [-0.05, 0) is 24.6 Å². The van der Waals surface area contributed by atoms with Crippen LogP contribution in [0.2, 0.25) is 0 Å². The average molecular weight is 366 g/mol. The van der Waals surface area contributed by atoms with Crippen LogP contribution >= 0.6 is 0 Å². The Labute approximate surface area is 158 Å². The number of benzene rings is 2. The molecular formula is C20H22N4O3. The highest BCUT2D eigenvalue weighted by Crippen LogP contribution is 2.31. The zero-order chi connectivity index (χ0) is 19.6. The van der Waals surface area contributed by atoms with E-state index in [2.05, 4.69) is 27.7 Å². The van der Waals surface area contributed by atoms with Crippen molar-refractivity contribution >= 4 is 29.4 Å². The molecule has 140 valence electrons. The molecular weight excluding hydrogens is 344 g/mol. The summed E-state index contributed by atoms with van der Waals surface area (Å²) in [5.74, 6) is -1.02. The third-order valence-corrected chi connectivity index (χ3v) is 3.67. The van der Waals surface area contributed by atoms with Crippen molar-refractivity contribution < 1.29 is 14.3 Å². The Balaban J connectivity index is 2.19.